The number of fused-ring (bicyclic) bond motifs is 1. The van der Waals surface area contributed by atoms with Gasteiger partial charge in [0, 0.05) is 44.5 Å². The summed E-state index contributed by atoms with van der Waals surface area (Å²) in [5.41, 5.74) is 0.460. The Balaban J connectivity index is 1.30. The molecule has 3 N–H and O–H groups in total. The summed E-state index contributed by atoms with van der Waals surface area (Å²) in [7, 11) is 0. The van der Waals surface area contributed by atoms with E-state index in [1.54, 1.807) is 11.0 Å². The summed E-state index contributed by atoms with van der Waals surface area (Å²) in [6, 6.07) is 13.5. The van der Waals surface area contributed by atoms with Gasteiger partial charge in [-0.05, 0) is 43.7 Å². The molecule has 6 rings (SSSR count). The monoisotopic (exact) mass is 555 g/mol. The lowest BCUT2D eigenvalue weighted by Crippen LogP contribution is -2.48. The molecule has 0 spiro atoms. The summed E-state index contributed by atoms with van der Waals surface area (Å²) >= 11 is 1.44. The maximum atomic E-state index is 13.6. The Kier molecular flexibility index (Phi) is 6.90. The summed E-state index contributed by atoms with van der Waals surface area (Å²) in [6.45, 7) is 3.29. The fourth-order valence-electron chi connectivity index (χ4n) is 5.21. The number of anilines is 3. The molecule has 2 fully saturated rings. The first-order chi connectivity index (χ1) is 18.9. The van der Waals surface area contributed by atoms with Crippen molar-refractivity contribution in [3.63, 3.8) is 0 Å². The van der Waals surface area contributed by atoms with E-state index in [4.69, 9.17) is 9.97 Å². The Labute approximate surface area is 226 Å². The lowest BCUT2D eigenvalue weighted by molar-refractivity contribution is -0.137. The van der Waals surface area contributed by atoms with E-state index >= 15 is 0 Å². The van der Waals surface area contributed by atoms with Gasteiger partial charge < -0.3 is 20.4 Å². The number of H-pyrrole nitrogens is 1. The summed E-state index contributed by atoms with van der Waals surface area (Å²) in [6.07, 6.45) is -2.45. The van der Waals surface area contributed by atoms with Crippen LogP contribution in [0.25, 0.3) is 20.8 Å². The number of piperazine rings is 1. The first kappa shape index (κ1) is 25.6. The second kappa shape index (κ2) is 10.5. The molecule has 8 nitrogen and oxygen atoms in total. The number of thiazole rings is 1. The van der Waals surface area contributed by atoms with Crippen molar-refractivity contribution < 1.29 is 13.2 Å². The molecule has 204 valence electrons. The van der Waals surface area contributed by atoms with Crippen molar-refractivity contribution in [1.82, 2.24) is 20.3 Å². The van der Waals surface area contributed by atoms with Gasteiger partial charge in [0.15, 0.2) is 0 Å². The van der Waals surface area contributed by atoms with Crippen LogP contribution < -0.4 is 26.0 Å². The van der Waals surface area contributed by atoms with Crippen LogP contribution in [0.4, 0.5) is 30.6 Å². The minimum Gasteiger partial charge on any atom is -0.367 e. The van der Waals surface area contributed by atoms with Crippen LogP contribution in [0.5, 0.6) is 0 Å². The minimum atomic E-state index is -4.43. The number of halogens is 3. The standard InChI is InChI=1S/C27H28F3N7OS/c28-27(29,30)18-7-1-3-9-20(18)36-12-14-37(15-13-36)26-34-23(32-17-6-5-11-31-16-17)22(24(38)35-26)25-33-19-8-2-4-10-21(19)39-25/h1-4,7-10,17,31H,5-6,11-16H2,(H2,32,34,35,38)/t17-/m1/s1. The van der Waals surface area contributed by atoms with Gasteiger partial charge in [-0.2, -0.15) is 18.2 Å². The Morgan fingerprint density at radius 2 is 1.72 bits per heavy atom. The molecule has 0 unspecified atom stereocenters. The molecule has 1 atom stereocenters. The van der Waals surface area contributed by atoms with E-state index in [2.05, 4.69) is 15.6 Å². The van der Waals surface area contributed by atoms with Crippen LogP contribution in [0.1, 0.15) is 18.4 Å². The van der Waals surface area contributed by atoms with E-state index in [1.807, 2.05) is 29.2 Å². The molecule has 2 aromatic heterocycles. The third kappa shape index (κ3) is 5.30. The Morgan fingerprint density at radius 3 is 2.46 bits per heavy atom. The second-order valence-corrected chi connectivity index (χ2v) is 10.8. The van der Waals surface area contributed by atoms with E-state index in [9.17, 15) is 18.0 Å². The van der Waals surface area contributed by atoms with Crippen molar-refractivity contribution in [2.75, 3.05) is 54.4 Å². The molecular formula is C27H28F3N7OS. The average Bonchev–Trinajstić information content (AvgIpc) is 3.37. The van der Waals surface area contributed by atoms with Crippen LogP contribution in [0.15, 0.2) is 53.3 Å². The van der Waals surface area contributed by atoms with Crippen LogP contribution in [-0.2, 0) is 6.18 Å². The summed E-state index contributed by atoms with van der Waals surface area (Å²) in [4.78, 5) is 29.7. The molecular weight excluding hydrogens is 527 g/mol. The number of rotatable bonds is 5. The van der Waals surface area contributed by atoms with Crippen LogP contribution in [0, 0.1) is 0 Å². The average molecular weight is 556 g/mol. The van der Waals surface area contributed by atoms with E-state index in [0.29, 0.717) is 48.5 Å². The molecule has 2 aromatic carbocycles. The molecule has 0 radical (unpaired) electrons. The van der Waals surface area contributed by atoms with Crippen molar-refractivity contribution in [3.8, 4) is 10.6 Å². The molecule has 0 amide bonds. The highest BCUT2D eigenvalue weighted by molar-refractivity contribution is 7.21. The van der Waals surface area contributed by atoms with Gasteiger partial charge in [0.1, 0.15) is 16.4 Å². The molecule has 39 heavy (non-hydrogen) atoms. The third-order valence-corrected chi connectivity index (χ3v) is 8.24. The molecule has 12 heteroatoms. The van der Waals surface area contributed by atoms with E-state index in [0.717, 1.165) is 42.2 Å². The van der Waals surface area contributed by atoms with Gasteiger partial charge in [-0.1, -0.05) is 24.3 Å². The number of alkyl halides is 3. The number of nitrogens with one attached hydrogen (secondary N) is 3. The number of aromatic amines is 1. The van der Waals surface area contributed by atoms with Gasteiger partial charge in [-0.15, -0.1) is 11.3 Å². The lowest BCUT2D eigenvalue weighted by Gasteiger charge is -2.37. The van der Waals surface area contributed by atoms with Gasteiger partial charge in [0.05, 0.1) is 15.8 Å². The Morgan fingerprint density at radius 1 is 0.974 bits per heavy atom. The number of aromatic nitrogens is 3. The number of nitrogens with zero attached hydrogens (tertiary/aromatic N) is 4. The SMILES string of the molecule is O=c1[nH]c(N2CCN(c3ccccc3C(F)(F)F)CC2)nc(N[C@@H]2CCCNC2)c1-c1nc2ccccc2s1. The smallest absolute Gasteiger partial charge is 0.367 e. The fraction of sp³-hybridized carbons (Fsp3) is 0.370. The summed E-state index contributed by atoms with van der Waals surface area (Å²) in [5, 5.41) is 7.45. The normalized spacial score (nSPS) is 18.5. The van der Waals surface area contributed by atoms with Gasteiger partial charge in [-0.3, -0.25) is 9.78 Å². The van der Waals surface area contributed by atoms with Gasteiger partial charge >= 0.3 is 6.18 Å². The topological polar surface area (TPSA) is 89.2 Å². The Hall–Kier alpha value is -3.64. The lowest BCUT2D eigenvalue weighted by atomic mass is 10.1. The maximum absolute atomic E-state index is 13.6. The highest BCUT2D eigenvalue weighted by atomic mass is 32.1. The van der Waals surface area contributed by atoms with E-state index < -0.39 is 11.7 Å². The molecule has 4 aromatic rings. The number of hydrogen-bond acceptors (Lipinski definition) is 8. The largest absolute Gasteiger partial charge is 0.418 e. The zero-order valence-corrected chi connectivity index (χ0v) is 21.9. The molecule has 2 aliphatic rings. The molecule has 2 saturated heterocycles. The van der Waals surface area contributed by atoms with Gasteiger partial charge in [0.25, 0.3) is 5.56 Å². The first-order valence-corrected chi connectivity index (χ1v) is 13.8. The molecule has 4 heterocycles. The molecule has 0 bridgehead atoms. The van der Waals surface area contributed by atoms with Crippen molar-refractivity contribution in [2.45, 2.75) is 25.1 Å². The number of hydrogen-bond donors (Lipinski definition) is 3. The van der Waals surface area contributed by atoms with Gasteiger partial charge in [-0.25, -0.2) is 4.98 Å². The van der Waals surface area contributed by atoms with Gasteiger partial charge in [0.2, 0.25) is 5.95 Å². The maximum Gasteiger partial charge on any atom is 0.418 e. The Bertz CT molecular complexity index is 1490. The number of benzene rings is 2. The van der Waals surface area contributed by atoms with Crippen molar-refractivity contribution in [1.29, 1.82) is 0 Å². The minimum absolute atomic E-state index is 0.116. The summed E-state index contributed by atoms with van der Waals surface area (Å²) in [5.74, 6) is 0.881. The zero-order chi connectivity index (χ0) is 27.0. The van der Waals surface area contributed by atoms with Crippen LogP contribution in [0.2, 0.25) is 0 Å². The highest BCUT2D eigenvalue weighted by Crippen LogP contribution is 2.37. The fourth-order valence-corrected chi connectivity index (χ4v) is 6.22. The summed E-state index contributed by atoms with van der Waals surface area (Å²) < 4.78 is 41.7. The number of piperidine rings is 1. The van der Waals surface area contributed by atoms with Crippen molar-refractivity contribution in [2.24, 2.45) is 0 Å². The van der Waals surface area contributed by atoms with Crippen LogP contribution >= 0.6 is 11.3 Å². The molecule has 0 saturated carbocycles. The van der Waals surface area contributed by atoms with Crippen molar-refractivity contribution in [3.05, 3.63) is 64.4 Å². The first-order valence-electron chi connectivity index (χ1n) is 13.0. The molecule has 0 aliphatic carbocycles. The predicted octanol–water partition coefficient (Wildman–Crippen LogP) is 4.56. The van der Waals surface area contributed by atoms with Crippen LogP contribution in [0.3, 0.4) is 0 Å². The van der Waals surface area contributed by atoms with E-state index in [-0.39, 0.29) is 17.3 Å². The molecule has 2 aliphatic heterocycles. The quantitative estimate of drug-likeness (QED) is 0.333. The third-order valence-electron chi connectivity index (χ3n) is 7.18. The van der Waals surface area contributed by atoms with Crippen LogP contribution in [-0.4, -0.2) is 60.3 Å². The van der Waals surface area contributed by atoms with E-state index in [1.165, 1.54) is 23.5 Å². The van der Waals surface area contributed by atoms with Crippen molar-refractivity contribution >= 4 is 39.0 Å². The zero-order valence-electron chi connectivity index (χ0n) is 21.1. The second-order valence-electron chi connectivity index (χ2n) is 9.78. The number of para-hydroxylation sites is 2. The highest BCUT2D eigenvalue weighted by Gasteiger charge is 2.35. The predicted molar refractivity (Wildman–Crippen MR) is 149 cm³/mol.